The quantitative estimate of drug-likeness (QED) is 0.512. The Morgan fingerprint density at radius 1 is 1.40 bits per heavy atom. The number of aliphatic hydroxyl groups excluding tert-OH is 1. The molecule has 2 atom stereocenters. The van der Waals surface area contributed by atoms with Gasteiger partial charge in [0.15, 0.2) is 0 Å². The summed E-state index contributed by atoms with van der Waals surface area (Å²) >= 11 is 0. The SMILES string of the molecule is CCC(C)CC(CC)(CN)NCCCO. The van der Waals surface area contributed by atoms with Crippen LogP contribution in [0.15, 0.2) is 0 Å². The van der Waals surface area contributed by atoms with Gasteiger partial charge < -0.3 is 16.2 Å². The van der Waals surface area contributed by atoms with Crippen LogP contribution >= 0.6 is 0 Å². The van der Waals surface area contributed by atoms with Crippen LogP contribution in [0.5, 0.6) is 0 Å². The second-order valence-electron chi connectivity index (χ2n) is 4.56. The molecule has 2 unspecified atom stereocenters. The van der Waals surface area contributed by atoms with Gasteiger partial charge in [0.1, 0.15) is 0 Å². The largest absolute Gasteiger partial charge is 0.396 e. The van der Waals surface area contributed by atoms with E-state index < -0.39 is 0 Å². The fourth-order valence-corrected chi connectivity index (χ4v) is 1.89. The van der Waals surface area contributed by atoms with Crippen LogP contribution in [0.3, 0.4) is 0 Å². The summed E-state index contributed by atoms with van der Waals surface area (Å²) < 4.78 is 0. The van der Waals surface area contributed by atoms with Gasteiger partial charge in [-0.25, -0.2) is 0 Å². The molecule has 3 heteroatoms. The van der Waals surface area contributed by atoms with Gasteiger partial charge in [-0.05, 0) is 31.7 Å². The van der Waals surface area contributed by atoms with Crippen LogP contribution in [-0.2, 0) is 0 Å². The minimum Gasteiger partial charge on any atom is -0.396 e. The number of aliphatic hydroxyl groups is 1. The highest BCUT2D eigenvalue weighted by Gasteiger charge is 2.27. The highest BCUT2D eigenvalue weighted by Crippen LogP contribution is 2.21. The van der Waals surface area contributed by atoms with Crippen molar-refractivity contribution < 1.29 is 5.11 Å². The molecular weight excluding hydrogens is 188 g/mol. The molecule has 0 aliphatic rings. The normalized spacial score (nSPS) is 17.4. The van der Waals surface area contributed by atoms with E-state index in [2.05, 4.69) is 26.1 Å². The zero-order chi connectivity index (χ0) is 11.7. The van der Waals surface area contributed by atoms with Crippen molar-refractivity contribution >= 4 is 0 Å². The van der Waals surface area contributed by atoms with E-state index in [0.717, 1.165) is 25.8 Å². The van der Waals surface area contributed by atoms with Gasteiger partial charge in [0, 0.05) is 18.7 Å². The standard InChI is InChI=1S/C12H28N2O/c1-4-11(3)9-12(5-2,10-13)14-7-6-8-15/h11,14-15H,4-10,13H2,1-3H3. The number of hydrogen-bond donors (Lipinski definition) is 3. The van der Waals surface area contributed by atoms with Crippen LogP contribution in [0.2, 0.25) is 0 Å². The van der Waals surface area contributed by atoms with E-state index in [1.54, 1.807) is 0 Å². The molecule has 0 aromatic rings. The molecule has 0 fully saturated rings. The van der Waals surface area contributed by atoms with E-state index in [9.17, 15) is 0 Å². The van der Waals surface area contributed by atoms with Crippen molar-refractivity contribution in [2.24, 2.45) is 11.7 Å². The lowest BCUT2D eigenvalue weighted by Crippen LogP contribution is -2.52. The molecule has 0 saturated carbocycles. The second-order valence-corrected chi connectivity index (χ2v) is 4.56. The summed E-state index contributed by atoms with van der Waals surface area (Å²) in [5.74, 6) is 0.704. The average Bonchev–Trinajstić information content (AvgIpc) is 2.27. The Labute approximate surface area is 94.4 Å². The number of nitrogens with one attached hydrogen (secondary N) is 1. The van der Waals surface area contributed by atoms with Gasteiger partial charge in [0.2, 0.25) is 0 Å². The van der Waals surface area contributed by atoms with Crippen molar-refractivity contribution in [3.63, 3.8) is 0 Å². The van der Waals surface area contributed by atoms with Crippen molar-refractivity contribution in [1.29, 1.82) is 0 Å². The smallest absolute Gasteiger partial charge is 0.0443 e. The molecule has 0 heterocycles. The monoisotopic (exact) mass is 216 g/mol. The summed E-state index contributed by atoms with van der Waals surface area (Å²) in [4.78, 5) is 0. The van der Waals surface area contributed by atoms with E-state index in [0.29, 0.717) is 12.5 Å². The maximum absolute atomic E-state index is 8.77. The van der Waals surface area contributed by atoms with Gasteiger partial charge in [-0.15, -0.1) is 0 Å². The fraction of sp³-hybridized carbons (Fsp3) is 1.00. The van der Waals surface area contributed by atoms with Crippen molar-refractivity contribution in [3.05, 3.63) is 0 Å². The Balaban J connectivity index is 4.16. The average molecular weight is 216 g/mol. The van der Waals surface area contributed by atoms with Gasteiger partial charge in [0.25, 0.3) is 0 Å². The molecule has 0 radical (unpaired) electrons. The Kier molecular flexibility index (Phi) is 8.02. The Hall–Kier alpha value is -0.120. The van der Waals surface area contributed by atoms with Gasteiger partial charge in [-0.1, -0.05) is 27.2 Å². The Morgan fingerprint density at radius 3 is 2.47 bits per heavy atom. The maximum Gasteiger partial charge on any atom is 0.0443 e. The molecule has 0 aromatic heterocycles. The first-order chi connectivity index (χ1) is 7.14. The predicted octanol–water partition coefficient (Wildman–Crippen LogP) is 1.50. The Morgan fingerprint density at radius 2 is 2.07 bits per heavy atom. The van der Waals surface area contributed by atoms with Crippen LogP contribution in [0.1, 0.15) is 46.5 Å². The molecule has 0 aliphatic carbocycles. The van der Waals surface area contributed by atoms with Crippen molar-refractivity contribution in [1.82, 2.24) is 5.32 Å². The predicted molar refractivity (Wildman–Crippen MR) is 65.9 cm³/mol. The topological polar surface area (TPSA) is 58.3 Å². The molecule has 0 spiro atoms. The van der Waals surface area contributed by atoms with E-state index >= 15 is 0 Å². The summed E-state index contributed by atoms with van der Waals surface area (Å²) in [6.07, 6.45) is 4.19. The van der Waals surface area contributed by atoms with Gasteiger partial charge in [0.05, 0.1) is 0 Å². The third-order valence-corrected chi connectivity index (χ3v) is 3.34. The molecule has 15 heavy (non-hydrogen) atoms. The first-order valence-electron chi connectivity index (χ1n) is 6.20. The van der Waals surface area contributed by atoms with Crippen molar-refractivity contribution in [2.45, 2.75) is 52.0 Å². The van der Waals surface area contributed by atoms with Crippen LogP contribution in [0.25, 0.3) is 0 Å². The summed E-state index contributed by atoms with van der Waals surface area (Å²) in [5.41, 5.74) is 5.95. The lowest BCUT2D eigenvalue weighted by molar-refractivity contribution is 0.234. The zero-order valence-corrected chi connectivity index (χ0v) is 10.6. The lowest BCUT2D eigenvalue weighted by Gasteiger charge is -2.35. The number of hydrogen-bond acceptors (Lipinski definition) is 3. The third-order valence-electron chi connectivity index (χ3n) is 3.34. The van der Waals surface area contributed by atoms with Crippen LogP contribution in [-0.4, -0.2) is 30.3 Å². The highest BCUT2D eigenvalue weighted by atomic mass is 16.3. The van der Waals surface area contributed by atoms with E-state index in [4.69, 9.17) is 10.8 Å². The molecule has 0 aliphatic heterocycles. The second kappa shape index (κ2) is 8.08. The molecule has 92 valence electrons. The van der Waals surface area contributed by atoms with E-state index in [-0.39, 0.29) is 12.1 Å². The molecule has 0 bridgehead atoms. The van der Waals surface area contributed by atoms with E-state index in [1.165, 1.54) is 6.42 Å². The van der Waals surface area contributed by atoms with Gasteiger partial charge in [-0.3, -0.25) is 0 Å². The summed E-state index contributed by atoms with van der Waals surface area (Å²) in [5, 5.41) is 12.3. The molecule has 0 rings (SSSR count). The van der Waals surface area contributed by atoms with Gasteiger partial charge in [-0.2, -0.15) is 0 Å². The van der Waals surface area contributed by atoms with Crippen molar-refractivity contribution in [2.75, 3.05) is 19.7 Å². The van der Waals surface area contributed by atoms with Crippen molar-refractivity contribution in [3.8, 4) is 0 Å². The van der Waals surface area contributed by atoms with Crippen LogP contribution < -0.4 is 11.1 Å². The minimum atomic E-state index is 0.0740. The van der Waals surface area contributed by atoms with Gasteiger partial charge >= 0.3 is 0 Å². The summed E-state index contributed by atoms with van der Waals surface area (Å²) in [6, 6.07) is 0. The molecule has 0 saturated heterocycles. The molecule has 0 aromatic carbocycles. The fourth-order valence-electron chi connectivity index (χ4n) is 1.89. The summed E-state index contributed by atoms with van der Waals surface area (Å²) in [7, 11) is 0. The minimum absolute atomic E-state index is 0.0740. The number of nitrogens with two attached hydrogens (primary N) is 1. The third kappa shape index (κ3) is 5.50. The maximum atomic E-state index is 8.77. The van der Waals surface area contributed by atoms with Crippen LogP contribution in [0, 0.1) is 5.92 Å². The van der Waals surface area contributed by atoms with Crippen LogP contribution in [0.4, 0.5) is 0 Å². The highest BCUT2D eigenvalue weighted by molar-refractivity contribution is 4.89. The first kappa shape index (κ1) is 14.9. The molecule has 4 N–H and O–H groups in total. The lowest BCUT2D eigenvalue weighted by atomic mass is 9.84. The zero-order valence-electron chi connectivity index (χ0n) is 10.6. The number of rotatable bonds is 9. The molecule has 0 amide bonds. The summed E-state index contributed by atoms with van der Waals surface area (Å²) in [6.45, 7) is 8.46. The van der Waals surface area contributed by atoms with E-state index in [1.807, 2.05) is 0 Å². The Bertz CT molecular complexity index is 147. The molecular formula is C12H28N2O. The molecule has 3 nitrogen and oxygen atoms in total. The first-order valence-corrected chi connectivity index (χ1v) is 6.20.